The summed E-state index contributed by atoms with van der Waals surface area (Å²) in [6.45, 7) is 5.76. The summed E-state index contributed by atoms with van der Waals surface area (Å²) in [6, 6.07) is 11.2. The smallest absolute Gasteiger partial charge is 0.161 e. The van der Waals surface area contributed by atoms with Crippen LogP contribution in [-0.2, 0) is 13.1 Å². The van der Waals surface area contributed by atoms with E-state index in [1.165, 1.54) is 0 Å². The average Bonchev–Trinajstić information content (AvgIpc) is 3.27. The molecule has 0 bridgehead atoms. The molecule has 188 valence electrons. The first kappa shape index (κ1) is 25.6. The maximum absolute atomic E-state index is 11.0. The summed E-state index contributed by atoms with van der Waals surface area (Å²) in [7, 11) is 1.65. The maximum Gasteiger partial charge on any atom is 0.161 e. The van der Waals surface area contributed by atoms with Gasteiger partial charge in [0, 0.05) is 38.1 Å². The van der Waals surface area contributed by atoms with E-state index in [9.17, 15) is 5.11 Å². The Morgan fingerprint density at radius 1 is 1.03 bits per heavy atom. The van der Waals surface area contributed by atoms with E-state index in [-0.39, 0.29) is 6.61 Å². The van der Waals surface area contributed by atoms with E-state index in [2.05, 4.69) is 16.0 Å². The van der Waals surface area contributed by atoms with Gasteiger partial charge in [-0.3, -0.25) is 4.90 Å². The van der Waals surface area contributed by atoms with Gasteiger partial charge in [0.2, 0.25) is 0 Å². The first-order valence-electron chi connectivity index (χ1n) is 11.7. The van der Waals surface area contributed by atoms with E-state index in [0.29, 0.717) is 41.0 Å². The topological polar surface area (TPSA) is 69.0 Å². The molecule has 35 heavy (non-hydrogen) atoms. The highest BCUT2D eigenvalue weighted by Crippen LogP contribution is 2.31. The molecule has 1 N–H and O–H groups in total. The summed E-state index contributed by atoms with van der Waals surface area (Å²) >= 11 is 12.0. The van der Waals surface area contributed by atoms with Gasteiger partial charge < -0.3 is 23.9 Å². The van der Waals surface area contributed by atoms with Crippen molar-refractivity contribution in [3.05, 3.63) is 70.2 Å². The summed E-state index contributed by atoms with van der Waals surface area (Å²) < 4.78 is 19.4. The second-order valence-corrected chi connectivity index (χ2v) is 9.68. The normalized spacial score (nSPS) is 15.7. The van der Waals surface area contributed by atoms with Gasteiger partial charge in [-0.15, -0.1) is 0 Å². The van der Waals surface area contributed by atoms with Crippen LogP contribution in [0.4, 0.5) is 0 Å². The minimum atomic E-state index is -0.869. The van der Waals surface area contributed by atoms with Crippen molar-refractivity contribution in [1.29, 1.82) is 0 Å². The third-order valence-corrected chi connectivity index (χ3v) is 7.07. The van der Waals surface area contributed by atoms with Gasteiger partial charge in [0.1, 0.15) is 30.4 Å². The fourth-order valence-electron chi connectivity index (χ4n) is 4.14. The third-order valence-electron chi connectivity index (χ3n) is 6.33. The molecule has 0 spiro atoms. The Hall–Kier alpha value is -2.45. The van der Waals surface area contributed by atoms with Crippen LogP contribution in [0.5, 0.6) is 17.2 Å². The van der Waals surface area contributed by atoms with Gasteiger partial charge >= 0.3 is 0 Å². The molecule has 2 heterocycles. The van der Waals surface area contributed by atoms with Crippen molar-refractivity contribution in [1.82, 2.24) is 14.5 Å². The lowest BCUT2D eigenvalue weighted by Gasteiger charge is -2.38. The monoisotopic (exact) mass is 519 g/mol. The van der Waals surface area contributed by atoms with Crippen LogP contribution in [0.2, 0.25) is 10.0 Å². The number of halogens is 2. The highest BCUT2D eigenvalue weighted by atomic mass is 35.5. The van der Waals surface area contributed by atoms with Crippen molar-refractivity contribution in [3.63, 3.8) is 0 Å². The zero-order valence-electron chi connectivity index (χ0n) is 20.0. The highest BCUT2D eigenvalue weighted by Gasteiger charge is 2.33. The number of methoxy groups -OCH3 is 1. The Morgan fingerprint density at radius 2 is 1.83 bits per heavy atom. The molecule has 0 aliphatic carbocycles. The number of aromatic nitrogens is 2. The van der Waals surface area contributed by atoms with Gasteiger partial charge in [-0.05, 0) is 49.6 Å². The summed E-state index contributed by atoms with van der Waals surface area (Å²) in [5.41, 5.74) is 0.267. The minimum absolute atomic E-state index is 0.220. The first-order valence-corrected chi connectivity index (χ1v) is 12.4. The second-order valence-electron chi connectivity index (χ2n) is 8.87. The summed E-state index contributed by atoms with van der Waals surface area (Å²) in [6.07, 6.45) is 4.98. The lowest BCUT2D eigenvalue weighted by molar-refractivity contribution is -0.0537. The third kappa shape index (κ3) is 6.82. The molecule has 1 aliphatic rings. The molecule has 0 saturated carbocycles. The Labute approximate surface area is 216 Å². The molecule has 9 heteroatoms. The van der Waals surface area contributed by atoms with Crippen LogP contribution in [0.15, 0.2) is 48.8 Å². The lowest BCUT2D eigenvalue weighted by Crippen LogP contribution is -2.47. The second kappa shape index (κ2) is 11.5. The molecule has 0 atom stereocenters. The zero-order chi connectivity index (χ0) is 24.8. The Bertz CT molecular complexity index is 1130. The molecular formula is C26H31Cl2N3O4. The molecule has 1 saturated heterocycles. The van der Waals surface area contributed by atoms with Crippen molar-refractivity contribution in [2.24, 2.45) is 0 Å². The number of hydrogen-bond donors (Lipinski definition) is 1. The minimum Gasteiger partial charge on any atom is -0.493 e. The Balaban J connectivity index is 1.26. The van der Waals surface area contributed by atoms with Crippen LogP contribution in [0, 0.1) is 6.92 Å². The maximum atomic E-state index is 11.0. The van der Waals surface area contributed by atoms with Crippen molar-refractivity contribution >= 4 is 23.2 Å². The van der Waals surface area contributed by atoms with Gasteiger partial charge in [-0.2, -0.15) is 0 Å². The highest BCUT2D eigenvalue weighted by molar-refractivity contribution is 6.42. The molecule has 0 radical (unpaired) electrons. The van der Waals surface area contributed by atoms with Gasteiger partial charge in [-0.25, -0.2) is 4.98 Å². The number of aryl methyl sites for hydroxylation is 1. The van der Waals surface area contributed by atoms with Gasteiger partial charge in [-0.1, -0.05) is 29.3 Å². The van der Waals surface area contributed by atoms with Crippen molar-refractivity contribution in [2.75, 3.05) is 33.4 Å². The Kier molecular flexibility index (Phi) is 8.44. The van der Waals surface area contributed by atoms with Crippen molar-refractivity contribution < 1.29 is 19.3 Å². The van der Waals surface area contributed by atoms with Crippen molar-refractivity contribution in [2.45, 2.75) is 38.5 Å². The molecule has 0 unspecified atom stereocenters. The van der Waals surface area contributed by atoms with E-state index in [0.717, 1.165) is 43.3 Å². The molecule has 2 aromatic carbocycles. The summed E-state index contributed by atoms with van der Waals surface area (Å²) in [5.74, 6) is 3.00. The number of hydrogen-bond acceptors (Lipinski definition) is 6. The van der Waals surface area contributed by atoms with E-state index in [4.69, 9.17) is 37.4 Å². The molecule has 7 nitrogen and oxygen atoms in total. The van der Waals surface area contributed by atoms with E-state index in [1.807, 2.05) is 29.8 Å². The fraction of sp³-hybridized carbons (Fsp3) is 0.423. The largest absolute Gasteiger partial charge is 0.493 e. The van der Waals surface area contributed by atoms with Crippen LogP contribution in [0.1, 0.15) is 24.2 Å². The van der Waals surface area contributed by atoms with Gasteiger partial charge in [0.15, 0.2) is 11.5 Å². The quantitative estimate of drug-likeness (QED) is 0.406. The number of likely N-dealkylation sites (tertiary alicyclic amines) is 1. The number of nitrogens with zero attached hydrogens (tertiary/aromatic N) is 3. The van der Waals surface area contributed by atoms with E-state index < -0.39 is 5.60 Å². The SMILES string of the molecule is COc1cc(CN2CCC(O)(COc3ccc(Cl)c(Cl)c3)CC2)ccc1OCCn1ccnc1C. The van der Waals surface area contributed by atoms with Crippen LogP contribution >= 0.6 is 23.2 Å². The van der Waals surface area contributed by atoms with Crippen LogP contribution in [-0.4, -0.2) is 58.6 Å². The Morgan fingerprint density at radius 3 is 2.51 bits per heavy atom. The molecule has 1 aliphatic heterocycles. The molecule has 4 rings (SSSR count). The molecular weight excluding hydrogens is 489 g/mol. The standard InChI is InChI=1S/C26H31Cl2N3O4/c1-19-29-9-12-31(19)13-14-34-24-6-3-20(15-25(24)33-2)17-30-10-7-26(32,8-11-30)18-35-21-4-5-22(27)23(28)16-21/h3-6,9,12,15-16,32H,7-8,10-11,13-14,17-18H2,1-2H3. The van der Waals surface area contributed by atoms with Crippen LogP contribution < -0.4 is 14.2 Å². The number of benzene rings is 2. The van der Waals surface area contributed by atoms with E-state index >= 15 is 0 Å². The number of aliphatic hydroxyl groups is 1. The molecule has 3 aromatic rings. The predicted octanol–water partition coefficient (Wildman–Crippen LogP) is 4.99. The molecule has 1 aromatic heterocycles. The zero-order valence-corrected chi connectivity index (χ0v) is 21.6. The number of ether oxygens (including phenoxy) is 3. The summed E-state index contributed by atoms with van der Waals surface area (Å²) in [5, 5.41) is 11.9. The average molecular weight is 520 g/mol. The van der Waals surface area contributed by atoms with Crippen LogP contribution in [0.3, 0.4) is 0 Å². The molecule has 0 amide bonds. The number of piperidine rings is 1. The number of imidazole rings is 1. The lowest BCUT2D eigenvalue weighted by atomic mass is 9.92. The van der Waals surface area contributed by atoms with Crippen LogP contribution in [0.25, 0.3) is 0 Å². The number of rotatable bonds is 10. The van der Waals surface area contributed by atoms with Gasteiger partial charge in [0.25, 0.3) is 0 Å². The fourth-order valence-corrected chi connectivity index (χ4v) is 4.43. The van der Waals surface area contributed by atoms with Crippen molar-refractivity contribution in [3.8, 4) is 17.2 Å². The first-order chi connectivity index (χ1) is 16.8. The summed E-state index contributed by atoms with van der Waals surface area (Å²) in [4.78, 5) is 6.55. The van der Waals surface area contributed by atoms with E-state index in [1.54, 1.807) is 31.5 Å². The molecule has 1 fully saturated rings. The van der Waals surface area contributed by atoms with Gasteiger partial charge in [0.05, 0.1) is 23.7 Å². The predicted molar refractivity (Wildman–Crippen MR) is 137 cm³/mol.